The Bertz CT molecular complexity index is 744. The number of benzene rings is 1. The number of sulfonamides is 1. The minimum atomic E-state index is -3.66. The van der Waals surface area contributed by atoms with Gasteiger partial charge in [-0.15, -0.1) is 11.3 Å². The van der Waals surface area contributed by atoms with Crippen molar-refractivity contribution < 1.29 is 13.5 Å². The first-order valence-corrected chi connectivity index (χ1v) is 10.9. The fraction of sp³-hybridized carbons (Fsp3) is 0.412. The largest absolute Gasteiger partial charge is 0.395 e. The van der Waals surface area contributed by atoms with Crippen LogP contribution in [-0.4, -0.2) is 26.2 Å². The third kappa shape index (κ3) is 5.13. The fourth-order valence-corrected chi connectivity index (χ4v) is 5.98. The van der Waals surface area contributed by atoms with Crippen LogP contribution < -0.4 is 4.72 Å². The monoisotopic (exact) mass is 431 g/mol. The van der Waals surface area contributed by atoms with Gasteiger partial charge in [-0.1, -0.05) is 44.2 Å². The number of halogens is 1. The van der Waals surface area contributed by atoms with Crippen molar-refractivity contribution in [2.24, 2.45) is 5.92 Å². The molecule has 7 heteroatoms. The number of aliphatic hydroxyl groups is 1. The van der Waals surface area contributed by atoms with Crippen LogP contribution in [-0.2, 0) is 10.0 Å². The van der Waals surface area contributed by atoms with E-state index in [-0.39, 0.29) is 16.7 Å². The van der Waals surface area contributed by atoms with E-state index >= 15 is 0 Å². The van der Waals surface area contributed by atoms with Crippen molar-refractivity contribution in [2.45, 2.75) is 36.4 Å². The van der Waals surface area contributed by atoms with Crippen molar-refractivity contribution in [3.8, 4) is 0 Å². The van der Waals surface area contributed by atoms with E-state index in [4.69, 9.17) is 0 Å². The highest BCUT2D eigenvalue weighted by Crippen LogP contribution is 2.30. The molecule has 0 fully saturated rings. The molecule has 2 rings (SSSR count). The number of hydrogen-bond acceptors (Lipinski definition) is 4. The van der Waals surface area contributed by atoms with Crippen molar-refractivity contribution in [3.05, 3.63) is 51.8 Å². The van der Waals surface area contributed by atoms with Gasteiger partial charge >= 0.3 is 0 Å². The van der Waals surface area contributed by atoms with E-state index in [1.54, 1.807) is 12.1 Å². The van der Waals surface area contributed by atoms with Crippen LogP contribution in [0.4, 0.5) is 0 Å². The average molecular weight is 432 g/mol. The molecule has 1 aromatic carbocycles. The quantitative estimate of drug-likeness (QED) is 0.663. The Morgan fingerprint density at radius 2 is 1.83 bits per heavy atom. The Balaban J connectivity index is 2.29. The van der Waals surface area contributed by atoms with Crippen LogP contribution >= 0.6 is 27.3 Å². The van der Waals surface area contributed by atoms with Crippen LogP contribution in [0, 0.1) is 5.92 Å². The maximum Gasteiger partial charge on any atom is 0.250 e. The molecule has 0 aliphatic rings. The lowest BCUT2D eigenvalue weighted by atomic mass is 9.85. The molecule has 0 radical (unpaired) electrons. The van der Waals surface area contributed by atoms with E-state index in [1.165, 1.54) is 0 Å². The van der Waals surface area contributed by atoms with Crippen LogP contribution in [0.1, 0.15) is 31.7 Å². The highest BCUT2D eigenvalue weighted by Gasteiger charge is 2.29. The molecular formula is C17H22BrNO3S2. The van der Waals surface area contributed by atoms with E-state index in [1.807, 2.05) is 30.3 Å². The van der Waals surface area contributed by atoms with E-state index in [9.17, 15) is 13.5 Å². The highest BCUT2D eigenvalue weighted by atomic mass is 79.9. The van der Waals surface area contributed by atoms with Crippen molar-refractivity contribution in [3.63, 3.8) is 0 Å². The summed E-state index contributed by atoms with van der Waals surface area (Å²) in [6.07, 6.45) is 0.784. The molecule has 2 aromatic rings. The van der Waals surface area contributed by atoms with E-state index in [2.05, 4.69) is 34.5 Å². The summed E-state index contributed by atoms with van der Waals surface area (Å²) in [6, 6.07) is 12.4. The topological polar surface area (TPSA) is 66.4 Å². The Hall–Kier alpha value is -0.730. The van der Waals surface area contributed by atoms with Gasteiger partial charge in [0.1, 0.15) is 4.21 Å². The number of aliphatic hydroxyl groups excluding tert-OH is 1. The van der Waals surface area contributed by atoms with Crippen LogP contribution in [0.5, 0.6) is 0 Å². The van der Waals surface area contributed by atoms with Crippen molar-refractivity contribution in [1.29, 1.82) is 0 Å². The predicted molar refractivity (Wildman–Crippen MR) is 102 cm³/mol. The van der Waals surface area contributed by atoms with Gasteiger partial charge in [0.25, 0.3) is 0 Å². The van der Waals surface area contributed by atoms with Gasteiger partial charge in [0.2, 0.25) is 10.0 Å². The second-order valence-electron chi connectivity index (χ2n) is 6.12. The molecule has 0 saturated heterocycles. The summed E-state index contributed by atoms with van der Waals surface area (Å²) in [6.45, 7) is 3.93. The molecule has 0 aliphatic carbocycles. The van der Waals surface area contributed by atoms with Crippen molar-refractivity contribution in [2.75, 3.05) is 6.61 Å². The Kier molecular flexibility index (Phi) is 7.00. The lowest BCUT2D eigenvalue weighted by Gasteiger charge is -2.28. The zero-order chi connectivity index (χ0) is 17.7. The molecule has 0 spiro atoms. The van der Waals surface area contributed by atoms with Crippen molar-refractivity contribution in [1.82, 2.24) is 4.72 Å². The fourth-order valence-electron chi connectivity index (χ4n) is 2.69. The second kappa shape index (κ2) is 8.58. The van der Waals surface area contributed by atoms with Gasteiger partial charge in [-0.2, -0.15) is 0 Å². The molecule has 0 aliphatic heterocycles. The SMILES string of the molecule is CC(C)C[C@@H](c1ccccc1)[C@@H](CO)NS(=O)(=O)c1ccc(Br)s1. The predicted octanol–water partition coefficient (Wildman–Crippen LogP) is 3.98. The average Bonchev–Trinajstić information content (AvgIpc) is 2.99. The maximum absolute atomic E-state index is 12.6. The molecule has 0 bridgehead atoms. The van der Waals surface area contributed by atoms with Gasteiger partial charge in [0.15, 0.2) is 0 Å². The third-order valence-corrected chi connectivity index (χ3v) is 7.36. The first-order chi connectivity index (χ1) is 11.3. The van der Waals surface area contributed by atoms with Gasteiger partial charge in [-0.3, -0.25) is 0 Å². The molecule has 132 valence electrons. The Morgan fingerprint density at radius 3 is 2.33 bits per heavy atom. The zero-order valence-corrected chi connectivity index (χ0v) is 16.9. The highest BCUT2D eigenvalue weighted by molar-refractivity contribution is 9.11. The molecule has 2 atom stereocenters. The number of rotatable bonds is 8. The summed E-state index contributed by atoms with van der Waals surface area (Å²) < 4.78 is 28.9. The van der Waals surface area contributed by atoms with E-state index < -0.39 is 16.1 Å². The van der Waals surface area contributed by atoms with Crippen LogP contribution in [0.15, 0.2) is 50.5 Å². The van der Waals surface area contributed by atoms with Gasteiger partial charge < -0.3 is 5.11 Å². The van der Waals surface area contributed by atoms with Gasteiger partial charge in [-0.05, 0) is 46.0 Å². The van der Waals surface area contributed by atoms with Gasteiger partial charge in [0.05, 0.1) is 16.4 Å². The zero-order valence-electron chi connectivity index (χ0n) is 13.6. The molecule has 24 heavy (non-hydrogen) atoms. The molecule has 4 nitrogen and oxygen atoms in total. The molecule has 0 amide bonds. The molecule has 1 heterocycles. The normalized spacial score (nSPS) is 14.7. The lowest BCUT2D eigenvalue weighted by molar-refractivity contribution is 0.229. The summed E-state index contributed by atoms with van der Waals surface area (Å²) in [5.41, 5.74) is 1.03. The standard InChI is InChI=1S/C17H22BrNO3S2/c1-12(2)10-14(13-6-4-3-5-7-13)15(11-20)19-24(21,22)17-9-8-16(18)23-17/h3-9,12,14-15,19-20H,10-11H2,1-2H3/t14-,15+/m0/s1. The molecule has 1 aromatic heterocycles. The smallest absolute Gasteiger partial charge is 0.250 e. The van der Waals surface area contributed by atoms with Crippen LogP contribution in [0.3, 0.4) is 0 Å². The van der Waals surface area contributed by atoms with Gasteiger partial charge in [-0.25, -0.2) is 13.1 Å². The maximum atomic E-state index is 12.6. The molecule has 2 N–H and O–H groups in total. The first-order valence-electron chi connectivity index (χ1n) is 7.77. The number of hydrogen-bond donors (Lipinski definition) is 2. The third-order valence-electron chi connectivity index (χ3n) is 3.76. The van der Waals surface area contributed by atoms with E-state index in [0.717, 1.165) is 27.1 Å². The summed E-state index contributed by atoms with van der Waals surface area (Å²) in [5, 5.41) is 9.85. The molecule has 0 saturated carbocycles. The Labute approximate surface area is 156 Å². The van der Waals surface area contributed by atoms with Crippen LogP contribution in [0.2, 0.25) is 0 Å². The summed E-state index contributed by atoms with van der Waals surface area (Å²) in [7, 11) is -3.66. The van der Waals surface area contributed by atoms with Gasteiger partial charge in [0, 0.05) is 5.92 Å². The summed E-state index contributed by atoms with van der Waals surface area (Å²) in [5.74, 6) is 0.291. The van der Waals surface area contributed by atoms with E-state index in [0.29, 0.717) is 5.92 Å². The summed E-state index contributed by atoms with van der Waals surface area (Å²) >= 11 is 4.44. The van der Waals surface area contributed by atoms with Crippen molar-refractivity contribution >= 4 is 37.3 Å². The molecular weight excluding hydrogens is 410 g/mol. The minimum absolute atomic E-state index is 0.0885. The lowest BCUT2D eigenvalue weighted by Crippen LogP contribution is -2.42. The minimum Gasteiger partial charge on any atom is -0.395 e. The second-order valence-corrected chi connectivity index (χ2v) is 10.5. The first kappa shape index (κ1) is 19.6. The number of nitrogens with one attached hydrogen (secondary N) is 1. The number of thiophene rings is 1. The Morgan fingerprint density at radius 1 is 1.17 bits per heavy atom. The van der Waals surface area contributed by atoms with Crippen LogP contribution in [0.25, 0.3) is 0 Å². The molecule has 0 unspecified atom stereocenters. The summed E-state index contributed by atoms with van der Waals surface area (Å²) in [4.78, 5) is 0.